The third kappa shape index (κ3) is 8.80. The second-order valence-electron chi connectivity index (χ2n) is 14.6. The molecule has 0 saturated carbocycles. The SMILES string of the molecule is CC(C)NC(CCCCN1CCCCC1)C(=O)N1CCN(C2=NC(C)(C)C(c3ccccc3)O2)C[C@H]1C(=O)NCc1cc2cnccc2s1. The molecule has 0 bridgehead atoms. The molecular weight excluding hydrogens is 635 g/mol. The number of likely N-dealkylation sites (tertiary alicyclic amines) is 1. The van der Waals surface area contributed by atoms with Crippen molar-refractivity contribution in [2.45, 2.75) is 103 Å². The van der Waals surface area contributed by atoms with Gasteiger partial charge in [0.1, 0.15) is 11.6 Å². The third-order valence-electron chi connectivity index (χ3n) is 9.89. The topological polar surface area (TPSA) is 102 Å². The van der Waals surface area contributed by atoms with Crippen LogP contribution in [0.4, 0.5) is 0 Å². The lowest BCUT2D eigenvalue weighted by Crippen LogP contribution is -2.64. The van der Waals surface area contributed by atoms with Crippen LogP contribution in [-0.4, -0.2) is 100 Å². The molecule has 6 rings (SSSR count). The second-order valence-corrected chi connectivity index (χ2v) is 15.7. The molecule has 1 aromatic carbocycles. The van der Waals surface area contributed by atoms with Gasteiger partial charge in [0, 0.05) is 46.5 Å². The maximum absolute atomic E-state index is 14.4. The van der Waals surface area contributed by atoms with Crippen molar-refractivity contribution in [1.29, 1.82) is 0 Å². The Morgan fingerprint density at radius 1 is 1.04 bits per heavy atom. The average Bonchev–Trinajstić information content (AvgIpc) is 3.68. The van der Waals surface area contributed by atoms with Crippen LogP contribution >= 0.6 is 11.3 Å². The fourth-order valence-electron chi connectivity index (χ4n) is 7.34. The fourth-order valence-corrected chi connectivity index (χ4v) is 8.31. The van der Waals surface area contributed by atoms with Crippen LogP contribution in [0.15, 0.2) is 59.9 Å². The highest BCUT2D eigenvalue weighted by Gasteiger charge is 2.44. The van der Waals surface area contributed by atoms with Gasteiger partial charge in [-0.25, -0.2) is 4.99 Å². The number of carbonyl (C=O) groups excluding carboxylic acids is 2. The van der Waals surface area contributed by atoms with Crippen LogP contribution in [-0.2, 0) is 20.9 Å². The minimum atomic E-state index is -0.688. The summed E-state index contributed by atoms with van der Waals surface area (Å²) in [5.41, 5.74) is 0.591. The lowest BCUT2D eigenvalue weighted by molar-refractivity contribution is -0.145. The molecule has 3 aliphatic heterocycles. The molecule has 0 radical (unpaired) electrons. The van der Waals surface area contributed by atoms with Crippen LogP contribution in [0.5, 0.6) is 0 Å². The van der Waals surface area contributed by atoms with Gasteiger partial charge in [0.25, 0.3) is 6.02 Å². The molecule has 264 valence electrons. The van der Waals surface area contributed by atoms with Crippen LogP contribution in [0, 0.1) is 0 Å². The number of nitrogens with one attached hydrogen (secondary N) is 2. The largest absolute Gasteiger partial charge is 0.454 e. The Hall–Kier alpha value is -3.54. The van der Waals surface area contributed by atoms with Crippen LogP contribution in [0.2, 0.25) is 0 Å². The molecule has 49 heavy (non-hydrogen) atoms. The van der Waals surface area contributed by atoms with Gasteiger partial charge < -0.3 is 30.1 Å². The summed E-state index contributed by atoms with van der Waals surface area (Å²) in [5.74, 6) is -0.171. The molecule has 2 saturated heterocycles. The zero-order valence-electron chi connectivity index (χ0n) is 29.6. The van der Waals surface area contributed by atoms with E-state index < -0.39 is 11.6 Å². The number of fused-ring (bicyclic) bond motifs is 1. The van der Waals surface area contributed by atoms with Crippen molar-refractivity contribution >= 4 is 39.3 Å². The van der Waals surface area contributed by atoms with E-state index in [1.807, 2.05) is 35.4 Å². The van der Waals surface area contributed by atoms with E-state index in [2.05, 4.69) is 66.4 Å². The molecular formula is C38H53N7O3S. The number of hydrogen-bond donors (Lipinski definition) is 2. The fraction of sp³-hybridized carbons (Fsp3) is 0.579. The number of hydrogen-bond acceptors (Lipinski definition) is 9. The molecule has 2 N–H and O–H groups in total. The maximum Gasteiger partial charge on any atom is 0.288 e. The number of piperidine rings is 1. The van der Waals surface area contributed by atoms with Crippen molar-refractivity contribution < 1.29 is 14.3 Å². The number of carbonyl (C=O) groups is 2. The number of thiophene rings is 1. The number of aliphatic imine (C=N–C) groups is 1. The number of nitrogens with zero attached hydrogens (tertiary/aromatic N) is 5. The number of aromatic nitrogens is 1. The first-order valence-corrected chi connectivity index (χ1v) is 18.9. The number of amides is 2. The van der Waals surface area contributed by atoms with Gasteiger partial charge in [-0.1, -0.05) is 57.0 Å². The zero-order chi connectivity index (χ0) is 34.4. The van der Waals surface area contributed by atoms with Gasteiger partial charge in [-0.05, 0) is 76.9 Å². The van der Waals surface area contributed by atoms with Gasteiger partial charge in [-0.3, -0.25) is 14.6 Å². The van der Waals surface area contributed by atoms with E-state index in [-0.39, 0.29) is 30.0 Å². The lowest BCUT2D eigenvalue weighted by atomic mass is 9.93. The van der Waals surface area contributed by atoms with Crippen molar-refractivity contribution in [1.82, 2.24) is 30.3 Å². The van der Waals surface area contributed by atoms with E-state index in [9.17, 15) is 9.59 Å². The molecule has 2 unspecified atom stereocenters. The van der Waals surface area contributed by atoms with Crippen LogP contribution in [0.25, 0.3) is 10.1 Å². The number of piperazine rings is 1. The van der Waals surface area contributed by atoms with Crippen molar-refractivity contribution in [2.24, 2.45) is 4.99 Å². The first-order chi connectivity index (χ1) is 23.7. The highest BCUT2D eigenvalue weighted by atomic mass is 32.1. The predicted octanol–water partition coefficient (Wildman–Crippen LogP) is 5.35. The monoisotopic (exact) mass is 687 g/mol. The lowest BCUT2D eigenvalue weighted by Gasteiger charge is -2.42. The van der Waals surface area contributed by atoms with E-state index in [0.717, 1.165) is 46.3 Å². The Morgan fingerprint density at radius 3 is 2.59 bits per heavy atom. The molecule has 3 atom stereocenters. The summed E-state index contributed by atoms with van der Waals surface area (Å²) in [4.78, 5) is 45.2. The molecule has 3 aliphatic rings. The minimum absolute atomic E-state index is 0.00354. The minimum Gasteiger partial charge on any atom is -0.454 e. The predicted molar refractivity (Wildman–Crippen MR) is 197 cm³/mol. The molecule has 0 aliphatic carbocycles. The van der Waals surface area contributed by atoms with Crippen LogP contribution in [0.3, 0.4) is 0 Å². The molecule has 3 aromatic rings. The number of rotatable bonds is 12. The Kier molecular flexibility index (Phi) is 11.5. The van der Waals surface area contributed by atoms with Gasteiger partial charge in [-0.2, -0.15) is 0 Å². The third-order valence-corrected chi connectivity index (χ3v) is 11.0. The molecule has 11 heteroatoms. The van der Waals surface area contributed by atoms with E-state index >= 15 is 0 Å². The number of pyridine rings is 1. The Labute approximate surface area is 295 Å². The first kappa shape index (κ1) is 35.3. The van der Waals surface area contributed by atoms with Crippen molar-refractivity contribution in [3.8, 4) is 0 Å². The van der Waals surface area contributed by atoms with E-state index in [1.165, 1.54) is 32.4 Å². The number of amidine groups is 1. The number of benzene rings is 1. The quantitative estimate of drug-likeness (QED) is 0.248. The molecule has 2 amide bonds. The summed E-state index contributed by atoms with van der Waals surface area (Å²) < 4.78 is 7.66. The second kappa shape index (κ2) is 16.0. The summed E-state index contributed by atoms with van der Waals surface area (Å²) in [6, 6.07) is 13.9. The summed E-state index contributed by atoms with van der Waals surface area (Å²) in [7, 11) is 0. The van der Waals surface area contributed by atoms with Gasteiger partial charge >= 0.3 is 0 Å². The van der Waals surface area contributed by atoms with E-state index in [4.69, 9.17) is 9.73 Å². The zero-order valence-corrected chi connectivity index (χ0v) is 30.4. The van der Waals surface area contributed by atoms with Gasteiger partial charge in [0.15, 0.2) is 6.10 Å². The van der Waals surface area contributed by atoms with Crippen molar-refractivity contribution in [3.63, 3.8) is 0 Å². The Balaban J connectivity index is 1.17. The smallest absolute Gasteiger partial charge is 0.288 e. The summed E-state index contributed by atoms with van der Waals surface area (Å²) >= 11 is 1.65. The standard InChI is InChI=1S/C38H53N7O3S/c1-27(2)41-31(15-9-12-20-43-18-10-6-11-19-43)36(47)45-22-21-44(37-42-38(3,4)34(48-37)28-13-7-5-8-14-28)26-32(45)35(46)40-25-30-23-29-24-39-17-16-33(29)49-30/h5,7-8,13-14,16-17,23-24,27,31-32,34,41H,6,9-12,15,18-22,25-26H2,1-4H3,(H,40,46)/t31?,32-,34?/m0/s1. The molecule has 2 aromatic heterocycles. The molecule has 2 fully saturated rings. The van der Waals surface area contributed by atoms with E-state index in [0.29, 0.717) is 32.2 Å². The van der Waals surface area contributed by atoms with Crippen molar-refractivity contribution in [2.75, 3.05) is 39.3 Å². The Bertz CT molecular complexity index is 1550. The normalized spacial score (nSPS) is 21.9. The van der Waals surface area contributed by atoms with Crippen LogP contribution in [0.1, 0.15) is 82.8 Å². The maximum atomic E-state index is 14.4. The summed E-state index contributed by atoms with van der Waals surface area (Å²) in [5, 5.41) is 7.78. The van der Waals surface area contributed by atoms with Gasteiger partial charge in [0.05, 0.1) is 19.1 Å². The molecule has 0 spiro atoms. The highest BCUT2D eigenvalue weighted by Crippen LogP contribution is 2.38. The van der Waals surface area contributed by atoms with E-state index in [1.54, 1.807) is 22.4 Å². The Morgan fingerprint density at radius 2 is 1.84 bits per heavy atom. The average molecular weight is 688 g/mol. The van der Waals surface area contributed by atoms with Crippen molar-refractivity contribution in [3.05, 3.63) is 65.3 Å². The van der Waals surface area contributed by atoms with Gasteiger partial charge in [0.2, 0.25) is 11.8 Å². The summed E-state index contributed by atoms with van der Waals surface area (Å²) in [6.07, 6.45) is 10.1. The summed E-state index contributed by atoms with van der Waals surface area (Å²) in [6.45, 7) is 13.4. The van der Waals surface area contributed by atoms with Crippen LogP contribution < -0.4 is 10.6 Å². The number of unbranched alkanes of at least 4 members (excludes halogenated alkanes) is 1. The molecule has 10 nitrogen and oxygen atoms in total. The van der Waals surface area contributed by atoms with Gasteiger partial charge in [-0.15, -0.1) is 11.3 Å². The number of ether oxygens (including phenoxy) is 1. The first-order valence-electron chi connectivity index (χ1n) is 18.1. The highest BCUT2D eigenvalue weighted by molar-refractivity contribution is 7.19. The molecule has 5 heterocycles.